The van der Waals surface area contributed by atoms with Crippen LogP contribution in [0.4, 0.5) is 5.69 Å². The Labute approximate surface area is 165 Å². The molecule has 0 aliphatic carbocycles. The molecule has 1 aliphatic heterocycles. The van der Waals surface area contributed by atoms with Crippen LogP contribution in [0.25, 0.3) is 0 Å². The van der Waals surface area contributed by atoms with Crippen molar-refractivity contribution < 1.29 is 9.59 Å². The molecule has 1 aromatic carbocycles. The number of amides is 2. The van der Waals surface area contributed by atoms with Gasteiger partial charge in [0.25, 0.3) is 5.91 Å². The first-order chi connectivity index (χ1) is 13.6. The number of carbonyl (C=O) groups is 2. The Balaban J connectivity index is 1.55. The summed E-state index contributed by atoms with van der Waals surface area (Å²) in [6.07, 6.45) is 4.86. The number of carbonyl (C=O) groups excluding carboxylic acids is 2. The van der Waals surface area contributed by atoms with Gasteiger partial charge in [-0.05, 0) is 49.6 Å². The summed E-state index contributed by atoms with van der Waals surface area (Å²) in [6, 6.07) is 9.59. The van der Waals surface area contributed by atoms with Crippen molar-refractivity contribution in [2.45, 2.75) is 45.7 Å². The minimum atomic E-state index is -0.198. The molecule has 7 nitrogen and oxygen atoms in total. The maximum Gasteiger partial charge on any atom is 0.272 e. The molecule has 1 fully saturated rings. The molecule has 2 atom stereocenters. The van der Waals surface area contributed by atoms with Crippen LogP contribution in [0.2, 0.25) is 0 Å². The normalized spacial score (nSPS) is 17.7. The van der Waals surface area contributed by atoms with Crippen LogP contribution in [0.3, 0.4) is 0 Å². The highest BCUT2D eigenvalue weighted by molar-refractivity contribution is 5.93. The van der Waals surface area contributed by atoms with Gasteiger partial charge in [0.15, 0.2) is 0 Å². The van der Waals surface area contributed by atoms with Gasteiger partial charge >= 0.3 is 0 Å². The molecule has 1 aliphatic rings. The highest BCUT2D eigenvalue weighted by atomic mass is 16.2. The zero-order valence-corrected chi connectivity index (χ0v) is 16.6. The average Bonchev–Trinajstić information content (AvgIpc) is 3.22. The van der Waals surface area contributed by atoms with E-state index in [-0.39, 0.29) is 17.7 Å². The lowest BCUT2D eigenvalue weighted by molar-refractivity contribution is -0.119. The molecule has 2 heterocycles. The summed E-state index contributed by atoms with van der Waals surface area (Å²) in [5.74, 6) is -0.221. The summed E-state index contributed by atoms with van der Waals surface area (Å²) >= 11 is 0. The molecule has 2 aromatic rings. The van der Waals surface area contributed by atoms with Crippen molar-refractivity contribution in [1.29, 1.82) is 0 Å². The van der Waals surface area contributed by atoms with Crippen molar-refractivity contribution in [3.8, 4) is 0 Å². The first-order valence-corrected chi connectivity index (χ1v) is 10.0. The summed E-state index contributed by atoms with van der Waals surface area (Å²) in [5, 5.41) is 13.6. The van der Waals surface area contributed by atoms with Crippen LogP contribution in [0, 0.1) is 5.92 Å². The average molecular weight is 383 g/mol. The van der Waals surface area contributed by atoms with E-state index in [0.29, 0.717) is 18.3 Å². The maximum absolute atomic E-state index is 12.4. The van der Waals surface area contributed by atoms with Gasteiger partial charge in [0.05, 0.1) is 6.04 Å². The molecule has 28 heavy (non-hydrogen) atoms. The molecule has 7 heteroatoms. The Hall–Kier alpha value is -2.67. The van der Waals surface area contributed by atoms with Gasteiger partial charge in [-0.25, -0.2) is 0 Å². The van der Waals surface area contributed by atoms with Crippen LogP contribution < -0.4 is 16.0 Å². The molecule has 2 unspecified atom stereocenters. The minimum Gasteiger partial charge on any atom is -0.347 e. The van der Waals surface area contributed by atoms with E-state index >= 15 is 0 Å². The zero-order valence-electron chi connectivity index (χ0n) is 16.6. The monoisotopic (exact) mass is 383 g/mol. The predicted molar refractivity (Wildman–Crippen MR) is 109 cm³/mol. The number of hydrogen-bond acceptors (Lipinski definition) is 4. The third-order valence-electron chi connectivity index (χ3n) is 5.19. The zero-order chi connectivity index (χ0) is 19.9. The van der Waals surface area contributed by atoms with Crippen molar-refractivity contribution in [3.05, 3.63) is 47.8 Å². The summed E-state index contributed by atoms with van der Waals surface area (Å²) in [7, 11) is 0. The SMILES string of the molecule is CCC(C)C(=O)Nc1cccc(CNC(=O)c2ccn(C3CCCNC3)n2)c1. The van der Waals surface area contributed by atoms with E-state index in [4.69, 9.17) is 0 Å². The van der Waals surface area contributed by atoms with Crippen molar-refractivity contribution in [1.82, 2.24) is 20.4 Å². The van der Waals surface area contributed by atoms with E-state index in [1.54, 1.807) is 6.07 Å². The fourth-order valence-electron chi connectivity index (χ4n) is 3.20. The standard InChI is InChI=1S/C21H29N5O2/c1-3-15(2)20(27)24-17-7-4-6-16(12-17)13-23-21(28)19-9-11-26(25-19)18-8-5-10-22-14-18/h4,6-7,9,11-12,15,18,22H,3,5,8,10,13-14H2,1-2H3,(H,23,28)(H,24,27). The third-order valence-corrected chi connectivity index (χ3v) is 5.19. The van der Waals surface area contributed by atoms with Crippen LogP contribution >= 0.6 is 0 Å². The lowest BCUT2D eigenvalue weighted by Gasteiger charge is -2.22. The van der Waals surface area contributed by atoms with Gasteiger partial charge in [0.2, 0.25) is 5.91 Å². The number of piperidine rings is 1. The Bertz CT molecular complexity index is 811. The fraction of sp³-hybridized carbons (Fsp3) is 0.476. The van der Waals surface area contributed by atoms with E-state index in [2.05, 4.69) is 21.0 Å². The number of aromatic nitrogens is 2. The third kappa shape index (κ3) is 5.19. The van der Waals surface area contributed by atoms with Gasteiger partial charge in [0.1, 0.15) is 5.69 Å². The van der Waals surface area contributed by atoms with Gasteiger partial charge in [0, 0.05) is 30.9 Å². The molecule has 0 spiro atoms. The molecule has 3 N–H and O–H groups in total. The second-order valence-electron chi connectivity index (χ2n) is 7.36. The minimum absolute atomic E-state index is 0.00595. The molecule has 2 amide bonds. The van der Waals surface area contributed by atoms with E-state index in [9.17, 15) is 9.59 Å². The second kappa shape index (κ2) is 9.50. The summed E-state index contributed by atoms with van der Waals surface area (Å²) in [6.45, 7) is 6.20. The van der Waals surface area contributed by atoms with E-state index < -0.39 is 0 Å². The van der Waals surface area contributed by atoms with E-state index in [0.717, 1.165) is 43.6 Å². The first-order valence-electron chi connectivity index (χ1n) is 10.0. The van der Waals surface area contributed by atoms with Gasteiger partial charge in [-0.2, -0.15) is 5.10 Å². The summed E-state index contributed by atoms with van der Waals surface area (Å²) in [4.78, 5) is 24.5. The Morgan fingerprint density at radius 1 is 1.36 bits per heavy atom. The number of anilines is 1. The summed E-state index contributed by atoms with van der Waals surface area (Å²) in [5.41, 5.74) is 2.09. The van der Waals surface area contributed by atoms with Crippen molar-refractivity contribution in [2.75, 3.05) is 18.4 Å². The Morgan fingerprint density at radius 3 is 2.96 bits per heavy atom. The van der Waals surface area contributed by atoms with Crippen LogP contribution in [-0.2, 0) is 11.3 Å². The molecule has 3 rings (SSSR count). The van der Waals surface area contributed by atoms with E-state index in [1.807, 2.05) is 49.0 Å². The molecule has 0 saturated carbocycles. The van der Waals surface area contributed by atoms with Gasteiger partial charge in [-0.3, -0.25) is 14.3 Å². The number of nitrogens with one attached hydrogen (secondary N) is 3. The topological polar surface area (TPSA) is 88.0 Å². The van der Waals surface area contributed by atoms with Gasteiger partial charge < -0.3 is 16.0 Å². The number of hydrogen-bond donors (Lipinski definition) is 3. The van der Waals surface area contributed by atoms with Crippen LogP contribution in [0.1, 0.15) is 55.2 Å². The van der Waals surface area contributed by atoms with Crippen LogP contribution in [-0.4, -0.2) is 34.7 Å². The largest absolute Gasteiger partial charge is 0.347 e. The highest BCUT2D eigenvalue weighted by Crippen LogP contribution is 2.16. The predicted octanol–water partition coefficient (Wildman–Crippen LogP) is 2.72. The van der Waals surface area contributed by atoms with Crippen LogP contribution in [0.5, 0.6) is 0 Å². The smallest absolute Gasteiger partial charge is 0.272 e. The van der Waals surface area contributed by atoms with Crippen molar-refractivity contribution >= 4 is 17.5 Å². The molecular formula is C21H29N5O2. The number of benzene rings is 1. The fourth-order valence-corrected chi connectivity index (χ4v) is 3.20. The Morgan fingerprint density at radius 2 is 2.21 bits per heavy atom. The van der Waals surface area contributed by atoms with Gasteiger partial charge in [-0.15, -0.1) is 0 Å². The quantitative estimate of drug-likeness (QED) is 0.686. The molecule has 0 radical (unpaired) electrons. The van der Waals surface area contributed by atoms with Crippen LogP contribution in [0.15, 0.2) is 36.5 Å². The molecule has 0 bridgehead atoms. The maximum atomic E-state index is 12.4. The molecule has 150 valence electrons. The number of rotatable bonds is 7. The Kier molecular flexibility index (Phi) is 6.81. The van der Waals surface area contributed by atoms with E-state index in [1.165, 1.54) is 0 Å². The van der Waals surface area contributed by atoms with Crippen molar-refractivity contribution in [3.63, 3.8) is 0 Å². The lowest BCUT2D eigenvalue weighted by atomic mass is 10.1. The lowest BCUT2D eigenvalue weighted by Crippen LogP contribution is -2.32. The van der Waals surface area contributed by atoms with Gasteiger partial charge in [-0.1, -0.05) is 26.0 Å². The molecule has 1 aromatic heterocycles. The summed E-state index contributed by atoms with van der Waals surface area (Å²) < 4.78 is 1.88. The molecular weight excluding hydrogens is 354 g/mol. The first kappa shape index (κ1) is 20.1. The molecule has 1 saturated heterocycles. The second-order valence-corrected chi connectivity index (χ2v) is 7.36. The number of nitrogens with zero attached hydrogens (tertiary/aromatic N) is 2. The van der Waals surface area contributed by atoms with Crippen molar-refractivity contribution in [2.24, 2.45) is 5.92 Å². The highest BCUT2D eigenvalue weighted by Gasteiger charge is 2.17.